The Labute approximate surface area is 227 Å². The molecule has 1 saturated heterocycles. The van der Waals surface area contributed by atoms with Gasteiger partial charge in [0.15, 0.2) is 24.8 Å². The minimum atomic E-state index is -6.15. The number of ether oxygens (including phenoxy) is 2. The second kappa shape index (κ2) is 10.7. The van der Waals surface area contributed by atoms with Crippen molar-refractivity contribution in [1.82, 2.24) is 0 Å². The van der Waals surface area contributed by atoms with Crippen molar-refractivity contribution in [2.45, 2.75) is 45.0 Å². The third kappa shape index (κ3) is 5.30. The summed E-state index contributed by atoms with van der Waals surface area (Å²) in [7, 11) is -6.16. The first-order chi connectivity index (χ1) is 18.6. The van der Waals surface area contributed by atoms with E-state index in [1.54, 1.807) is 0 Å². The number of benzene rings is 3. The standard InChI is InChI=1S/C18H15S.C10H10F2O7S/c1-4-10-16(11-5-1)19(17-12-6-2-7-13-17)18-14-8-3-9-15-18;11-10(12,20(15,16)17)9(14)19-6-3-1-4-5(2-3)8(13)18-7(4)6/h1-15H;3-7H,1-2H2,(H,15,16,17)/q+1;/p-1. The summed E-state index contributed by atoms with van der Waals surface area (Å²) >= 11 is 0. The van der Waals surface area contributed by atoms with E-state index in [9.17, 15) is 31.3 Å². The molecule has 2 bridgehead atoms. The van der Waals surface area contributed by atoms with Gasteiger partial charge in [-0.15, -0.1) is 0 Å². The minimum absolute atomic E-state index is 0.0146. The summed E-state index contributed by atoms with van der Waals surface area (Å²) in [5.74, 6) is -3.68. The zero-order valence-electron chi connectivity index (χ0n) is 20.4. The first-order valence-electron chi connectivity index (χ1n) is 12.2. The number of hydrogen-bond donors (Lipinski definition) is 0. The third-order valence-corrected chi connectivity index (χ3v) is 10.2. The van der Waals surface area contributed by atoms with Crippen molar-refractivity contribution in [2.75, 3.05) is 0 Å². The van der Waals surface area contributed by atoms with E-state index in [4.69, 9.17) is 4.74 Å². The van der Waals surface area contributed by atoms with Crippen LogP contribution < -0.4 is 0 Å². The summed E-state index contributed by atoms with van der Waals surface area (Å²) in [6.07, 6.45) is -1.08. The molecule has 0 spiro atoms. The van der Waals surface area contributed by atoms with Crippen LogP contribution in [0.3, 0.4) is 0 Å². The Balaban J connectivity index is 0.000000158. The molecule has 11 heteroatoms. The smallest absolute Gasteiger partial charge is 0.428 e. The van der Waals surface area contributed by atoms with Gasteiger partial charge < -0.3 is 14.0 Å². The molecule has 0 N–H and O–H groups in total. The lowest BCUT2D eigenvalue weighted by Crippen LogP contribution is -2.44. The van der Waals surface area contributed by atoms with Crippen LogP contribution in [-0.4, -0.2) is 42.4 Å². The maximum absolute atomic E-state index is 13.1. The summed E-state index contributed by atoms with van der Waals surface area (Å²) in [5, 5.41) is -5.14. The molecule has 1 heterocycles. The minimum Gasteiger partial charge on any atom is -0.743 e. The number of esters is 2. The van der Waals surface area contributed by atoms with Crippen LogP contribution in [-0.2, 0) is 40.1 Å². The van der Waals surface area contributed by atoms with Crippen molar-refractivity contribution >= 4 is 33.0 Å². The van der Waals surface area contributed by atoms with E-state index in [0.717, 1.165) is 0 Å². The third-order valence-electron chi connectivity index (χ3n) is 7.15. The van der Waals surface area contributed by atoms with Gasteiger partial charge in [-0.1, -0.05) is 54.6 Å². The Kier molecular flexibility index (Phi) is 7.49. The lowest BCUT2D eigenvalue weighted by molar-refractivity contribution is -0.176. The van der Waals surface area contributed by atoms with E-state index in [1.807, 2.05) is 0 Å². The van der Waals surface area contributed by atoms with Crippen molar-refractivity contribution in [3.05, 3.63) is 91.0 Å². The molecule has 6 rings (SSSR count). The normalized spacial score (nSPS) is 25.1. The Morgan fingerprint density at radius 3 is 1.77 bits per heavy atom. The average molecular weight is 575 g/mol. The molecule has 3 aromatic rings. The molecule has 5 atom stereocenters. The Hall–Kier alpha value is -3.28. The monoisotopic (exact) mass is 574 g/mol. The van der Waals surface area contributed by atoms with Gasteiger partial charge in [0.1, 0.15) is 12.2 Å². The molecule has 3 aromatic carbocycles. The number of rotatable bonds is 6. The molecular formula is C28H24F2O7S2. The Bertz CT molecular complexity index is 1340. The fourth-order valence-electron chi connectivity index (χ4n) is 5.44. The molecule has 0 radical (unpaired) electrons. The van der Waals surface area contributed by atoms with Gasteiger partial charge in [-0.05, 0) is 49.2 Å². The molecule has 39 heavy (non-hydrogen) atoms. The highest BCUT2D eigenvalue weighted by molar-refractivity contribution is 7.97. The van der Waals surface area contributed by atoms with E-state index in [2.05, 4.69) is 95.7 Å². The molecule has 7 nitrogen and oxygen atoms in total. The van der Waals surface area contributed by atoms with Gasteiger partial charge >= 0.3 is 17.2 Å². The number of halogens is 2. The van der Waals surface area contributed by atoms with Crippen molar-refractivity contribution in [3.8, 4) is 0 Å². The van der Waals surface area contributed by atoms with E-state index in [-0.39, 0.29) is 28.6 Å². The number of alkyl halides is 2. The molecule has 0 aromatic heterocycles. The zero-order chi connectivity index (χ0) is 27.8. The van der Waals surface area contributed by atoms with Gasteiger partial charge in [0.2, 0.25) is 0 Å². The van der Waals surface area contributed by atoms with Crippen LogP contribution in [0.2, 0.25) is 0 Å². The topological polar surface area (TPSA) is 110 Å². The summed E-state index contributed by atoms with van der Waals surface area (Å²) in [6, 6.07) is 32.2. The Morgan fingerprint density at radius 2 is 1.33 bits per heavy atom. The first-order valence-corrected chi connectivity index (χ1v) is 14.9. The highest BCUT2D eigenvalue weighted by Crippen LogP contribution is 2.55. The van der Waals surface area contributed by atoms with E-state index < -0.39 is 39.5 Å². The number of fused-ring (bicyclic) bond motifs is 1. The van der Waals surface area contributed by atoms with Crippen LogP contribution in [0.25, 0.3) is 0 Å². The molecule has 204 valence electrons. The van der Waals surface area contributed by atoms with Crippen molar-refractivity contribution in [3.63, 3.8) is 0 Å². The largest absolute Gasteiger partial charge is 0.743 e. The molecule has 3 fully saturated rings. The maximum Gasteiger partial charge on any atom is 0.428 e. The Morgan fingerprint density at radius 1 is 0.872 bits per heavy atom. The number of hydrogen-bond acceptors (Lipinski definition) is 7. The van der Waals surface area contributed by atoms with E-state index >= 15 is 0 Å². The van der Waals surface area contributed by atoms with Crippen LogP contribution in [0.4, 0.5) is 8.78 Å². The SMILES string of the molecule is O=C1OC2C3CC(CC13)C2OC(=O)C(F)(F)S(=O)(=O)[O-].c1ccc([S+](c2ccccc2)c2ccccc2)cc1. The van der Waals surface area contributed by atoms with Crippen molar-refractivity contribution < 1.29 is 40.8 Å². The molecule has 2 saturated carbocycles. The average Bonchev–Trinajstić information content (AvgIpc) is 3.56. The highest BCUT2D eigenvalue weighted by atomic mass is 32.2. The van der Waals surface area contributed by atoms with E-state index in [1.165, 1.54) is 14.7 Å². The molecule has 5 unspecified atom stereocenters. The molecule has 1 aliphatic heterocycles. The lowest BCUT2D eigenvalue weighted by Gasteiger charge is -2.27. The fraction of sp³-hybridized carbons (Fsp3) is 0.286. The van der Waals surface area contributed by atoms with Crippen LogP contribution >= 0.6 is 0 Å². The second-order valence-electron chi connectivity index (χ2n) is 9.49. The molecule has 2 aliphatic carbocycles. The number of carbonyl (C=O) groups excluding carboxylic acids is 2. The number of carbonyl (C=O) groups is 2. The van der Waals surface area contributed by atoms with Gasteiger partial charge in [0, 0.05) is 11.8 Å². The van der Waals surface area contributed by atoms with Crippen molar-refractivity contribution in [2.24, 2.45) is 17.8 Å². The van der Waals surface area contributed by atoms with Gasteiger partial charge in [0.25, 0.3) is 0 Å². The van der Waals surface area contributed by atoms with Crippen LogP contribution in [0.5, 0.6) is 0 Å². The summed E-state index contributed by atoms with van der Waals surface area (Å²) < 4.78 is 66.6. The predicted molar refractivity (Wildman–Crippen MR) is 136 cm³/mol. The summed E-state index contributed by atoms with van der Waals surface area (Å²) in [6.45, 7) is 0. The second-order valence-corrected chi connectivity index (χ2v) is 12.9. The van der Waals surface area contributed by atoms with Gasteiger partial charge in [-0.3, -0.25) is 4.79 Å². The first kappa shape index (κ1) is 27.3. The van der Waals surface area contributed by atoms with Crippen molar-refractivity contribution in [1.29, 1.82) is 0 Å². The lowest BCUT2D eigenvalue weighted by atomic mass is 9.88. The summed E-state index contributed by atoms with van der Waals surface area (Å²) in [4.78, 5) is 26.7. The molecular weight excluding hydrogens is 550 g/mol. The highest BCUT2D eigenvalue weighted by Gasteiger charge is 2.64. The van der Waals surface area contributed by atoms with Gasteiger partial charge in [-0.2, -0.15) is 8.78 Å². The summed E-state index contributed by atoms with van der Waals surface area (Å²) in [5.41, 5.74) is 0. The van der Waals surface area contributed by atoms with E-state index in [0.29, 0.717) is 12.8 Å². The molecule has 3 aliphatic rings. The zero-order valence-corrected chi connectivity index (χ0v) is 22.0. The quantitative estimate of drug-likeness (QED) is 0.244. The molecule has 0 amide bonds. The van der Waals surface area contributed by atoms with Gasteiger partial charge in [-0.25, -0.2) is 13.2 Å². The fourth-order valence-corrected chi connectivity index (χ4v) is 7.79. The predicted octanol–water partition coefficient (Wildman–Crippen LogP) is 4.40. The van der Waals surface area contributed by atoms with Gasteiger partial charge in [0.05, 0.1) is 16.8 Å². The van der Waals surface area contributed by atoms with Crippen LogP contribution in [0.15, 0.2) is 106 Å². The maximum atomic E-state index is 13.1. The van der Waals surface area contributed by atoms with Crippen LogP contribution in [0.1, 0.15) is 12.8 Å². The van der Waals surface area contributed by atoms with Crippen LogP contribution in [0, 0.1) is 17.8 Å².